The third-order valence-corrected chi connectivity index (χ3v) is 4.09. The van der Waals surface area contributed by atoms with Crippen LogP contribution in [0.4, 0.5) is 0 Å². The fourth-order valence-corrected chi connectivity index (χ4v) is 2.68. The van der Waals surface area contributed by atoms with Gasteiger partial charge in [0.05, 0.1) is 0 Å². The standard InChI is InChI=1S/C5H15ClN2Si/c1-3-7-9(5-6)8-4-2/h7-9H,3-5H2,1-2H3. The summed E-state index contributed by atoms with van der Waals surface area (Å²) >= 11 is 5.66. The third-order valence-electron chi connectivity index (χ3n) is 1.06. The number of rotatable bonds is 5. The molecule has 0 fully saturated rings. The second-order valence-electron chi connectivity index (χ2n) is 1.82. The van der Waals surface area contributed by atoms with Crippen LogP contribution in [0, 0.1) is 0 Å². The predicted molar refractivity (Wildman–Crippen MR) is 45.2 cm³/mol. The third kappa shape index (κ3) is 4.90. The molecule has 0 aliphatic carbocycles. The van der Waals surface area contributed by atoms with Crippen LogP contribution in [0.25, 0.3) is 0 Å². The molecule has 0 spiro atoms. The fraction of sp³-hybridized carbons (Fsp3) is 1.00. The van der Waals surface area contributed by atoms with Gasteiger partial charge in [0.25, 0.3) is 0 Å². The molecule has 0 unspecified atom stereocenters. The van der Waals surface area contributed by atoms with E-state index in [2.05, 4.69) is 23.8 Å². The Labute approximate surface area is 63.7 Å². The minimum Gasteiger partial charge on any atom is -0.327 e. The van der Waals surface area contributed by atoms with Gasteiger partial charge in [-0.1, -0.05) is 13.8 Å². The molecule has 2 N–H and O–H groups in total. The maximum atomic E-state index is 5.66. The van der Waals surface area contributed by atoms with Crippen molar-refractivity contribution < 1.29 is 0 Å². The molecule has 0 aromatic rings. The predicted octanol–water partition coefficient (Wildman–Crippen LogP) is 0.204. The molecule has 0 saturated carbocycles. The second-order valence-corrected chi connectivity index (χ2v) is 4.98. The largest absolute Gasteiger partial charge is 0.327 e. The molecule has 0 amide bonds. The smallest absolute Gasteiger partial charge is 0.199 e. The average molecular weight is 167 g/mol. The van der Waals surface area contributed by atoms with E-state index < -0.39 is 9.12 Å². The SMILES string of the molecule is CCN[SiH](CCl)NCC. The average Bonchev–Trinajstić information content (AvgIpc) is 1.88. The maximum absolute atomic E-state index is 5.66. The van der Waals surface area contributed by atoms with E-state index >= 15 is 0 Å². The lowest BCUT2D eigenvalue weighted by molar-refractivity contribution is 0.896. The van der Waals surface area contributed by atoms with Crippen LogP contribution in [0.15, 0.2) is 0 Å². The molecule has 4 heteroatoms. The summed E-state index contributed by atoms with van der Waals surface area (Å²) in [7, 11) is -0.948. The van der Waals surface area contributed by atoms with E-state index in [1.165, 1.54) is 0 Å². The molecule has 0 bridgehead atoms. The minimum atomic E-state index is -0.948. The van der Waals surface area contributed by atoms with Gasteiger partial charge < -0.3 is 9.96 Å². The van der Waals surface area contributed by atoms with E-state index in [1.54, 1.807) is 0 Å². The van der Waals surface area contributed by atoms with Crippen LogP contribution in [0.1, 0.15) is 13.8 Å². The van der Waals surface area contributed by atoms with Gasteiger partial charge in [-0.25, -0.2) is 0 Å². The Morgan fingerprint density at radius 2 is 1.67 bits per heavy atom. The molecule has 0 radical (unpaired) electrons. The van der Waals surface area contributed by atoms with Crippen LogP contribution in [0.5, 0.6) is 0 Å². The van der Waals surface area contributed by atoms with Crippen LogP contribution in [0.2, 0.25) is 0 Å². The van der Waals surface area contributed by atoms with Crippen molar-refractivity contribution in [2.45, 2.75) is 13.8 Å². The molecule has 0 heterocycles. The van der Waals surface area contributed by atoms with Gasteiger partial charge in [-0.05, 0) is 13.1 Å². The Hall–Kier alpha value is 0.427. The highest BCUT2D eigenvalue weighted by atomic mass is 35.5. The van der Waals surface area contributed by atoms with Crippen LogP contribution >= 0.6 is 11.6 Å². The van der Waals surface area contributed by atoms with Crippen molar-refractivity contribution in [1.29, 1.82) is 0 Å². The van der Waals surface area contributed by atoms with Crippen molar-refractivity contribution in [3.05, 3.63) is 0 Å². The second kappa shape index (κ2) is 6.55. The molecule has 9 heavy (non-hydrogen) atoms. The van der Waals surface area contributed by atoms with E-state index in [0.717, 1.165) is 18.6 Å². The maximum Gasteiger partial charge on any atom is 0.199 e. The molecule has 0 aliphatic heterocycles. The molecular formula is C5H15ClN2Si. The molecule has 2 nitrogen and oxygen atoms in total. The van der Waals surface area contributed by atoms with E-state index in [0.29, 0.717) is 0 Å². The first-order valence-corrected chi connectivity index (χ1v) is 5.88. The number of nitrogens with one attached hydrogen (secondary N) is 2. The van der Waals surface area contributed by atoms with Crippen LogP contribution in [-0.2, 0) is 0 Å². The summed E-state index contributed by atoms with van der Waals surface area (Å²) in [4.78, 5) is 6.66. The molecule has 0 atom stereocenters. The topological polar surface area (TPSA) is 24.1 Å². The Balaban J connectivity index is 3.18. The summed E-state index contributed by atoms with van der Waals surface area (Å²) in [5.41, 5.74) is 0.766. The lowest BCUT2D eigenvalue weighted by Gasteiger charge is -2.11. The van der Waals surface area contributed by atoms with Crippen molar-refractivity contribution in [3.8, 4) is 0 Å². The van der Waals surface area contributed by atoms with Gasteiger partial charge in [-0.15, -0.1) is 11.6 Å². The summed E-state index contributed by atoms with van der Waals surface area (Å²) < 4.78 is 0. The Bertz CT molecular complexity index is 56.9. The first-order valence-electron chi connectivity index (χ1n) is 3.37. The van der Waals surface area contributed by atoms with Gasteiger partial charge in [0.15, 0.2) is 9.12 Å². The molecule has 0 saturated heterocycles. The Kier molecular flexibility index (Phi) is 6.86. The molecule has 0 aliphatic rings. The number of halogens is 1. The van der Waals surface area contributed by atoms with Crippen LogP contribution < -0.4 is 9.96 Å². The molecule has 0 rings (SSSR count). The number of hydrogen-bond donors (Lipinski definition) is 2. The monoisotopic (exact) mass is 166 g/mol. The first-order chi connectivity index (χ1) is 4.35. The number of hydrogen-bond acceptors (Lipinski definition) is 2. The van der Waals surface area contributed by atoms with Crippen LogP contribution in [0.3, 0.4) is 0 Å². The zero-order valence-electron chi connectivity index (χ0n) is 6.08. The lowest BCUT2D eigenvalue weighted by Crippen LogP contribution is -2.49. The van der Waals surface area contributed by atoms with Crippen molar-refractivity contribution in [3.63, 3.8) is 0 Å². The Morgan fingerprint density at radius 3 is 1.89 bits per heavy atom. The summed E-state index contributed by atoms with van der Waals surface area (Å²) in [5.74, 6) is 0. The highest BCUT2D eigenvalue weighted by molar-refractivity contribution is 6.62. The Morgan fingerprint density at radius 1 is 1.22 bits per heavy atom. The zero-order chi connectivity index (χ0) is 7.11. The summed E-state index contributed by atoms with van der Waals surface area (Å²) in [5, 5.41) is 0. The van der Waals surface area contributed by atoms with Gasteiger partial charge in [-0.3, -0.25) is 0 Å². The van der Waals surface area contributed by atoms with E-state index in [9.17, 15) is 0 Å². The van der Waals surface area contributed by atoms with Gasteiger partial charge in [0.2, 0.25) is 0 Å². The van der Waals surface area contributed by atoms with E-state index in [1.807, 2.05) is 0 Å². The van der Waals surface area contributed by atoms with Gasteiger partial charge in [0, 0.05) is 5.50 Å². The van der Waals surface area contributed by atoms with Crippen LogP contribution in [-0.4, -0.2) is 27.7 Å². The molecular weight excluding hydrogens is 152 g/mol. The lowest BCUT2D eigenvalue weighted by atomic mass is 10.8. The minimum absolute atomic E-state index is 0.766. The summed E-state index contributed by atoms with van der Waals surface area (Å²) in [6.07, 6.45) is 0. The first kappa shape index (κ1) is 9.43. The van der Waals surface area contributed by atoms with Crippen molar-refractivity contribution in [2.24, 2.45) is 0 Å². The zero-order valence-corrected chi connectivity index (χ0v) is 7.99. The van der Waals surface area contributed by atoms with Crippen molar-refractivity contribution in [2.75, 3.05) is 18.6 Å². The van der Waals surface area contributed by atoms with Crippen molar-refractivity contribution in [1.82, 2.24) is 9.96 Å². The van der Waals surface area contributed by atoms with E-state index in [4.69, 9.17) is 11.6 Å². The molecule has 0 aromatic carbocycles. The highest BCUT2D eigenvalue weighted by Crippen LogP contribution is 1.76. The van der Waals surface area contributed by atoms with E-state index in [-0.39, 0.29) is 0 Å². The normalized spacial score (nSPS) is 10.7. The summed E-state index contributed by atoms with van der Waals surface area (Å²) in [6, 6.07) is 0. The van der Waals surface area contributed by atoms with Gasteiger partial charge >= 0.3 is 0 Å². The fourth-order valence-electron chi connectivity index (χ4n) is 0.674. The quantitative estimate of drug-likeness (QED) is 0.451. The molecule has 0 aromatic heterocycles. The molecule has 56 valence electrons. The highest BCUT2D eigenvalue weighted by Gasteiger charge is 2.03. The van der Waals surface area contributed by atoms with Crippen molar-refractivity contribution >= 4 is 20.7 Å². The number of alkyl halides is 1. The van der Waals surface area contributed by atoms with Gasteiger partial charge in [-0.2, -0.15) is 0 Å². The van der Waals surface area contributed by atoms with Gasteiger partial charge in [0.1, 0.15) is 0 Å². The summed E-state index contributed by atoms with van der Waals surface area (Å²) in [6.45, 7) is 6.25.